The van der Waals surface area contributed by atoms with Gasteiger partial charge in [-0.15, -0.1) is 0 Å². The molecule has 8 heteroatoms. The van der Waals surface area contributed by atoms with E-state index in [1.807, 2.05) is 0 Å². The predicted molar refractivity (Wildman–Crippen MR) is 64.7 cm³/mol. The second-order valence-corrected chi connectivity index (χ2v) is 4.14. The van der Waals surface area contributed by atoms with E-state index in [0.29, 0.717) is 12.1 Å². The van der Waals surface area contributed by atoms with Gasteiger partial charge in [-0.2, -0.15) is 13.2 Å². The number of hydrogen-bond acceptors (Lipinski definition) is 3. The lowest BCUT2D eigenvalue weighted by atomic mass is 10.2. The van der Waals surface area contributed by atoms with Crippen molar-refractivity contribution in [1.82, 2.24) is 4.98 Å². The number of anilines is 1. The number of aromatic nitrogens is 1. The van der Waals surface area contributed by atoms with Gasteiger partial charge in [-0.1, -0.05) is 18.5 Å². The minimum absolute atomic E-state index is 0.0496. The summed E-state index contributed by atoms with van der Waals surface area (Å²) in [5, 5.41) is 11.2. The molecule has 0 radical (unpaired) electrons. The Morgan fingerprint density at radius 3 is 2.63 bits per heavy atom. The first-order valence-electron chi connectivity index (χ1n) is 5.48. The van der Waals surface area contributed by atoms with Crippen molar-refractivity contribution in [3.63, 3.8) is 0 Å². The fourth-order valence-electron chi connectivity index (χ4n) is 1.43. The van der Waals surface area contributed by atoms with Crippen molar-refractivity contribution in [2.45, 2.75) is 25.9 Å². The molecule has 0 aromatic carbocycles. The van der Waals surface area contributed by atoms with E-state index in [0.717, 1.165) is 0 Å². The Labute approximate surface area is 112 Å². The number of halogens is 4. The molecule has 0 saturated carbocycles. The summed E-state index contributed by atoms with van der Waals surface area (Å²) in [4.78, 5) is 14.9. The third-order valence-corrected chi connectivity index (χ3v) is 2.60. The van der Waals surface area contributed by atoms with Crippen molar-refractivity contribution >= 4 is 23.3 Å². The Hall–Kier alpha value is -1.50. The Kier molecular flexibility index (Phi) is 4.99. The van der Waals surface area contributed by atoms with Gasteiger partial charge in [0.2, 0.25) is 0 Å². The first kappa shape index (κ1) is 15.6. The maximum absolute atomic E-state index is 12.0. The molecule has 1 aromatic rings. The van der Waals surface area contributed by atoms with Gasteiger partial charge in [0.05, 0.1) is 12.1 Å². The van der Waals surface area contributed by atoms with Crippen LogP contribution in [-0.2, 0) is 6.42 Å². The first-order valence-corrected chi connectivity index (χ1v) is 5.85. The van der Waals surface area contributed by atoms with Crippen LogP contribution < -0.4 is 5.32 Å². The smallest absolute Gasteiger partial charge is 0.390 e. The van der Waals surface area contributed by atoms with Gasteiger partial charge in [-0.3, -0.25) is 0 Å². The maximum atomic E-state index is 12.0. The lowest BCUT2D eigenvalue weighted by Crippen LogP contribution is -2.16. The van der Waals surface area contributed by atoms with Crippen molar-refractivity contribution in [3.8, 4) is 0 Å². The van der Waals surface area contributed by atoms with Crippen LogP contribution in [0.2, 0.25) is 5.15 Å². The summed E-state index contributed by atoms with van der Waals surface area (Å²) < 4.78 is 36.1. The molecule has 106 valence electrons. The summed E-state index contributed by atoms with van der Waals surface area (Å²) in [6.07, 6.45) is -4.87. The van der Waals surface area contributed by atoms with Gasteiger partial charge < -0.3 is 10.4 Å². The summed E-state index contributed by atoms with van der Waals surface area (Å²) >= 11 is 5.72. The average Bonchev–Trinajstić information content (AvgIpc) is 2.25. The van der Waals surface area contributed by atoms with Crippen LogP contribution in [0.5, 0.6) is 0 Å². The molecule has 1 aromatic heterocycles. The maximum Gasteiger partial charge on any atom is 0.390 e. The van der Waals surface area contributed by atoms with Gasteiger partial charge in [0, 0.05) is 12.2 Å². The summed E-state index contributed by atoms with van der Waals surface area (Å²) in [7, 11) is 0. The molecule has 1 rings (SSSR count). The van der Waals surface area contributed by atoms with Crippen molar-refractivity contribution in [2.75, 3.05) is 11.9 Å². The highest BCUT2D eigenvalue weighted by molar-refractivity contribution is 6.33. The lowest BCUT2D eigenvalue weighted by molar-refractivity contribution is -0.131. The van der Waals surface area contributed by atoms with Gasteiger partial charge in [0.1, 0.15) is 10.7 Å². The van der Waals surface area contributed by atoms with Crippen LogP contribution in [-0.4, -0.2) is 28.8 Å². The van der Waals surface area contributed by atoms with Gasteiger partial charge >= 0.3 is 12.1 Å². The van der Waals surface area contributed by atoms with Crippen LogP contribution in [0.25, 0.3) is 0 Å². The molecular formula is C11H12ClF3N2O2. The lowest BCUT2D eigenvalue weighted by Gasteiger charge is -2.13. The Bertz CT molecular complexity index is 478. The topological polar surface area (TPSA) is 62.2 Å². The number of carboxylic acid groups (broad SMARTS) is 1. The van der Waals surface area contributed by atoms with Gasteiger partial charge in [0.15, 0.2) is 0 Å². The predicted octanol–water partition coefficient (Wildman–Crippen LogP) is 3.36. The molecule has 0 bridgehead atoms. The number of aryl methyl sites for hydroxylation is 1. The zero-order valence-electron chi connectivity index (χ0n) is 10.0. The van der Waals surface area contributed by atoms with Crippen molar-refractivity contribution in [2.24, 2.45) is 0 Å². The first-order chi connectivity index (χ1) is 8.74. The van der Waals surface area contributed by atoms with Crippen LogP contribution in [0.3, 0.4) is 0 Å². The Balaban J connectivity index is 2.96. The molecule has 0 aliphatic rings. The second kappa shape index (κ2) is 6.10. The number of alkyl halides is 3. The fraction of sp³-hybridized carbons (Fsp3) is 0.455. The van der Waals surface area contributed by atoms with E-state index in [-0.39, 0.29) is 16.4 Å². The molecule has 19 heavy (non-hydrogen) atoms. The third kappa shape index (κ3) is 4.59. The molecule has 1 heterocycles. The van der Waals surface area contributed by atoms with Crippen molar-refractivity contribution < 1.29 is 23.1 Å². The van der Waals surface area contributed by atoms with Crippen LogP contribution in [0.1, 0.15) is 29.4 Å². The normalized spacial score (nSPS) is 11.4. The number of pyridine rings is 1. The van der Waals surface area contributed by atoms with E-state index in [1.54, 1.807) is 6.92 Å². The Morgan fingerprint density at radius 1 is 1.53 bits per heavy atom. The monoisotopic (exact) mass is 296 g/mol. The standard InChI is InChI=1S/C11H12ClF3N2O2/c1-2-6-5-7(16-4-3-11(13,14)15)8(10(18)19)9(12)17-6/h5H,2-4H2,1H3,(H,16,17)(H,18,19). The number of carbonyl (C=O) groups is 1. The number of nitrogens with zero attached hydrogens (tertiary/aromatic N) is 1. The summed E-state index contributed by atoms with van der Waals surface area (Å²) in [6.45, 7) is 1.35. The largest absolute Gasteiger partial charge is 0.478 e. The Morgan fingerprint density at radius 2 is 2.16 bits per heavy atom. The minimum atomic E-state index is -4.30. The minimum Gasteiger partial charge on any atom is -0.478 e. The molecule has 0 fully saturated rings. The summed E-state index contributed by atoms with van der Waals surface area (Å²) in [6, 6.07) is 1.39. The van der Waals surface area contributed by atoms with E-state index in [1.165, 1.54) is 6.07 Å². The molecular weight excluding hydrogens is 285 g/mol. The molecule has 2 N–H and O–H groups in total. The van der Waals surface area contributed by atoms with E-state index in [2.05, 4.69) is 10.3 Å². The molecule has 0 atom stereocenters. The number of rotatable bonds is 5. The molecule has 0 aliphatic carbocycles. The fourth-order valence-corrected chi connectivity index (χ4v) is 1.72. The van der Waals surface area contributed by atoms with Crippen molar-refractivity contribution in [3.05, 3.63) is 22.5 Å². The number of nitrogens with one attached hydrogen (secondary N) is 1. The average molecular weight is 297 g/mol. The van der Waals surface area contributed by atoms with Crippen LogP contribution in [0.4, 0.5) is 18.9 Å². The van der Waals surface area contributed by atoms with Gasteiger partial charge in [-0.05, 0) is 12.5 Å². The van der Waals surface area contributed by atoms with Crippen LogP contribution in [0.15, 0.2) is 6.07 Å². The van der Waals surface area contributed by atoms with E-state index in [4.69, 9.17) is 16.7 Å². The van der Waals surface area contributed by atoms with Gasteiger partial charge in [0.25, 0.3) is 0 Å². The number of carboxylic acids is 1. The van der Waals surface area contributed by atoms with E-state index >= 15 is 0 Å². The molecule has 0 amide bonds. The van der Waals surface area contributed by atoms with E-state index < -0.39 is 25.1 Å². The highest BCUT2D eigenvalue weighted by atomic mass is 35.5. The zero-order valence-corrected chi connectivity index (χ0v) is 10.8. The molecule has 0 saturated heterocycles. The second-order valence-electron chi connectivity index (χ2n) is 3.78. The SMILES string of the molecule is CCc1cc(NCCC(F)(F)F)c(C(=O)O)c(Cl)n1. The summed E-state index contributed by atoms with van der Waals surface area (Å²) in [5.41, 5.74) is 0.235. The number of hydrogen-bond donors (Lipinski definition) is 2. The van der Waals surface area contributed by atoms with Crippen LogP contribution in [0, 0.1) is 0 Å². The number of aromatic carboxylic acids is 1. The third-order valence-electron chi connectivity index (χ3n) is 2.33. The highest BCUT2D eigenvalue weighted by Gasteiger charge is 2.26. The molecule has 0 aliphatic heterocycles. The molecule has 0 unspecified atom stereocenters. The quantitative estimate of drug-likeness (QED) is 0.818. The van der Waals surface area contributed by atoms with Gasteiger partial charge in [-0.25, -0.2) is 9.78 Å². The van der Waals surface area contributed by atoms with Crippen molar-refractivity contribution in [1.29, 1.82) is 0 Å². The molecule has 4 nitrogen and oxygen atoms in total. The zero-order chi connectivity index (χ0) is 14.6. The van der Waals surface area contributed by atoms with E-state index in [9.17, 15) is 18.0 Å². The van der Waals surface area contributed by atoms with Crippen LogP contribution >= 0.6 is 11.6 Å². The summed E-state index contributed by atoms with van der Waals surface area (Å²) in [5.74, 6) is -1.34. The molecule has 0 spiro atoms. The highest BCUT2D eigenvalue weighted by Crippen LogP contribution is 2.25.